The van der Waals surface area contributed by atoms with E-state index < -0.39 is 0 Å². The van der Waals surface area contributed by atoms with Crippen LogP contribution in [0.1, 0.15) is 33.6 Å². The van der Waals surface area contributed by atoms with Crippen molar-refractivity contribution in [2.75, 3.05) is 6.54 Å². The number of nitrogens with zero attached hydrogens (tertiary/aromatic N) is 1. The summed E-state index contributed by atoms with van der Waals surface area (Å²) in [6, 6.07) is 0.380. The topological polar surface area (TPSA) is 20.3 Å². The van der Waals surface area contributed by atoms with E-state index in [0.717, 1.165) is 13.0 Å². The molecule has 0 radical (unpaired) electrons. The van der Waals surface area contributed by atoms with Crippen LogP contribution in [-0.4, -0.2) is 23.4 Å². The smallest absolute Gasteiger partial charge is 0.225 e. The van der Waals surface area contributed by atoms with Crippen molar-refractivity contribution >= 4 is 5.91 Å². The van der Waals surface area contributed by atoms with E-state index in [9.17, 15) is 4.79 Å². The van der Waals surface area contributed by atoms with Gasteiger partial charge >= 0.3 is 0 Å². The first-order valence-corrected chi connectivity index (χ1v) is 4.43. The molecule has 2 heteroatoms. The minimum atomic E-state index is 0.256. The minimum absolute atomic E-state index is 0.256. The third kappa shape index (κ3) is 1.73. The van der Waals surface area contributed by atoms with Crippen molar-refractivity contribution in [3.8, 4) is 0 Å². The van der Waals surface area contributed by atoms with Crippen LogP contribution in [0.3, 0.4) is 0 Å². The maximum Gasteiger partial charge on any atom is 0.225 e. The molecule has 64 valence electrons. The number of piperidine rings is 1. The van der Waals surface area contributed by atoms with Gasteiger partial charge in [-0.05, 0) is 26.7 Å². The number of hydrogen-bond donors (Lipinski definition) is 0. The first-order chi connectivity index (χ1) is 5.13. The van der Waals surface area contributed by atoms with Crippen LogP contribution in [0, 0.1) is 5.92 Å². The molecule has 11 heavy (non-hydrogen) atoms. The van der Waals surface area contributed by atoms with Gasteiger partial charge in [0.05, 0.1) is 0 Å². The maximum absolute atomic E-state index is 11.5. The van der Waals surface area contributed by atoms with Gasteiger partial charge in [-0.1, -0.05) is 6.92 Å². The number of carbonyl (C=O) groups is 1. The van der Waals surface area contributed by atoms with Gasteiger partial charge in [0.1, 0.15) is 0 Å². The number of likely N-dealkylation sites (tertiary alicyclic amines) is 1. The lowest BCUT2D eigenvalue weighted by atomic mass is 9.98. The van der Waals surface area contributed by atoms with Crippen LogP contribution < -0.4 is 0 Å². The second-order valence-electron chi connectivity index (χ2n) is 3.67. The van der Waals surface area contributed by atoms with E-state index in [0.29, 0.717) is 11.9 Å². The Labute approximate surface area is 68.6 Å². The van der Waals surface area contributed by atoms with Crippen molar-refractivity contribution in [3.05, 3.63) is 0 Å². The van der Waals surface area contributed by atoms with Gasteiger partial charge in [-0.3, -0.25) is 4.79 Å². The molecule has 0 saturated carbocycles. The zero-order chi connectivity index (χ0) is 8.43. The van der Waals surface area contributed by atoms with Gasteiger partial charge in [0.15, 0.2) is 0 Å². The fraction of sp³-hybridized carbons (Fsp3) is 0.889. The van der Waals surface area contributed by atoms with Crippen molar-refractivity contribution in [2.45, 2.75) is 39.7 Å². The first kappa shape index (κ1) is 8.57. The maximum atomic E-state index is 11.5. The molecular weight excluding hydrogens is 138 g/mol. The molecule has 0 spiro atoms. The van der Waals surface area contributed by atoms with E-state index in [-0.39, 0.29) is 5.92 Å². The van der Waals surface area contributed by atoms with Crippen LogP contribution in [0.15, 0.2) is 0 Å². The van der Waals surface area contributed by atoms with E-state index in [1.54, 1.807) is 0 Å². The molecular formula is C9H17NO. The molecule has 1 atom stereocenters. The van der Waals surface area contributed by atoms with Gasteiger partial charge in [0.25, 0.3) is 0 Å². The van der Waals surface area contributed by atoms with Crippen molar-refractivity contribution in [2.24, 2.45) is 5.92 Å². The summed E-state index contributed by atoms with van der Waals surface area (Å²) in [5.74, 6) is 0.595. The molecule has 0 aromatic carbocycles. The highest BCUT2D eigenvalue weighted by molar-refractivity contribution is 5.79. The Balaban J connectivity index is 2.58. The molecule has 1 aliphatic heterocycles. The van der Waals surface area contributed by atoms with Gasteiger partial charge in [0, 0.05) is 18.5 Å². The van der Waals surface area contributed by atoms with Crippen molar-refractivity contribution < 1.29 is 4.79 Å². The summed E-state index contributed by atoms with van der Waals surface area (Å²) in [6.45, 7) is 7.14. The molecule has 0 unspecified atom stereocenters. The summed E-state index contributed by atoms with van der Waals surface area (Å²) in [5, 5.41) is 0. The number of carbonyl (C=O) groups excluding carboxylic acids is 1. The Kier molecular flexibility index (Phi) is 2.53. The van der Waals surface area contributed by atoms with Crippen LogP contribution in [0.5, 0.6) is 0 Å². The highest BCUT2D eigenvalue weighted by Crippen LogP contribution is 2.18. The zero-order valence-electron chi connectivity index (χ0n) is 7.63. The summed E-state index contributed by atoms with van der Waals surface area (Å²) in [5.41, 5.74) is 0. The Morgan fingerprint density at radius 1 is 1.55 bits per heavy atom. The molecule has 1 fully saturated rings. The Morgan fingerprint density at radius 2 is 2.18 bits per heavy atom. The van der Waals surface area contributed by atoms with Gasteiger partial charge in [-0.15, -0.1) is 0 Å². The number of hydrogen-bond acceptors (Lipinski definition) is 1. The molecule has 1 rings (SSSR count). The normalized spacial score (nSPS) is 26.4. The van der Waals surface area contributed by atoms with Crippen molar-refractivity contribution in [3.63, 3.8) is 0 Å². The molecule has 0 aromatic rings. The van der Waals surface area contributed by atoms with Gasteiger partial charge in [-0.2, -0.15) is 0 Å². The number of rotatable bonds is 1. The quantitative estimate of drug-likeness (QED) is 0.564. The SMILES string of the molecule is CC(C)N1CCC[C@@H](C)C1=O. The fourth-order valence-corrected chi connectivity index (χ4v) is 1.60. The molecule has 0 aliphatic carbocycles. The minimum Gasteiger partial charge on any atom is -0.340 e. The zero-order valence-corrected chi connectivity index (χ0v) is 7.63. The summed E-state index contributed by atoms with van der Waals surface area (Å²) >= 11 is 0. The Morgan fingerprint density at radius 3 is 2.64 bits per heavy atom. The second kappa shape index (κ2) is 3.24. The van der Waals surface area contributed by atoms with E-state index in [4.69, 9.17) is 0 Å². The lowest BCUT2D eigenvalue weighted by molar-refractivity contribution is -0.139. The molecule has 1 heterocycles. The molecule has 1 aliphatic rings. The third-order valence-electron chi connectivity index (χ3n) is 2.36. The molecule has 2 nitrogen and oxygen atoms in total. The summed E-state index contributed by atoms with van der Waals surface area (Å²) in [7, 11) is 0. The second-order valence-corrected chi connectivity index (χ2v) is 3.67. The molecule has 0 aromatic heterocycles. The van der Waals surface area contributed by atoms with Crippen molar-refractivity contribution in [1.82, 2.24) is 4.90 Å². The highest BCUT2D eigenvalue weighted by atomic mass is 16.2. The predicted octanol–water partition coefficient (Wildman–Crippen LogP) is 1.65. The van der Waals surface area contributed by atoms with Crippen LogP contribution in [0.2, 0.25) is 0 Å². The van der Waals surface area contributed by atoms with Crippen LogP contribution in [0.25, 0.3) is 0 Å². The summed E-state index contributed by atoms with van der Waals surface area (Å²) in [4.78, 5) is 13.5. The van der Waals surface area contributed by atoms with Crippen LogP contribution in [-0.2, 0) is 4.79 Å². The lowest BCUT2D eigenvalue weighted by Crippen LogP contribution is -2.44. The molecule has 1 amide bonds. The number of amides is 1. The average Bonchev–Trinajstić information content (AvgIpc) is 1.94. The molecule has 0 N–H and O–H groups in total. The van der Waals surface area contributed by atoms with Gasteiger partial charge in [-0.25, -0.2) is 0 Å². The first-order valence-electron chi connectivity index (χ1n) is 4.43. The average molecular weight is 155 g/mol. The van der Waals surface area contributed by atoms with E-state index >= 15 is 0 Å². The fourth-order valence-electron chi connectivity index (χ4n) is 1.60. The van der Waals surface area contributed by atoms with E-state index in [2.05, 4.69) is 13.8 Å². The monoisotopic (exact) mass is 155 g/mol. The largest absolute Gasteiger partial charge is 0.340 e. The highest BCUT2D eigenvalue weighted by Gasteiger charge is 2.26. The standard InChI is InChI=1S/C9H17NO/c1-7(2)10-6-4-5-8(3)9(10)11/h7-8H,4-6H2,1-3H3/t8-/m1/s1. The Hall–Kier alpha value is -0.530. The third-order valence-corrected chi connectivity index (χ3v) is 2.36. The van der Waals surface area contributed by atoms with Crippen LogP contribution >= 0.6 is 0 Å². The lowest BCUT2D eigenvalue weighted by Gasteiger charge is -2.33. The molecule has 1 saturated heterocycles. The molecule has 0 bridgehead atoms. The van der Waals surface area contributed by atoms with Crippen LogP contribution in [0.4, 0.5) is 0 Å². The van der Waals surface area contributed by atoms with E-state index in [1.165, 1.54) is 6.42 Å². The Bertz CT molecular complexity index is 154. The predicted molar refractivity (Wildman–Crippen MR) is 45.2 cm³/mol. The summed E-state index contributed by atoms with van der Waals surface area (Å²) < 4.78 is 0. The van der Waals surface area contributed by atoms with Gasteiger partial charge in [0.2, 0.25) is 5.91 Å². The summed E-state index contributed by atoms with van der Waals surface area (Å²) in [6.07, 6.45) is 2.24. The van der Waals surface area contributed by atoms with Gasteiger partial charge < -0.3 is 4.90 Å². The van der Waals surface area contributed by atoms with E-state index in [1.807, 2.05) is 11.8 Å². The van der Waals surface area contributed by atoms with Crippen molar-refractivity contribution in [1.29, 1.82) is 0 Å².